The summed E-state index contributed by atoms with van der Waals surface area (Å²) in [4.78, 5) is 28.8. The molecule has 0 atom stereocenters. The number of esters is 2. The molecule has 0 radical (unpaired) electrons. The van der Waals surface area contributed by atoms with Gasteiger partial charge in [0.1, 0.15) is 10.6 Å². The van der Waals surface area contributed by atoms with Crippen LogP contribution in [0.4, 0.5) is 0 Å². The van der Waals surface area contributed by atoms with Crippen molar-refractivity contribution in [2.24, 2.45) is 4.99 Å². The van der Waals surface area contributed by atoms with Crippen LogP contribution in [0.5, 0.6) is 5.75 Å². The lowest BCUT2D eigenvalue weighted by Crippen LogP contribution is -2.06. The maximum absolute atomic E-state index is 12.0. The molecular formula is C21H13NO4S. The van der Waals surface area contributed by atoms with E-state index in [0.29, 0.717) is 10.6 Å². The van der Waals surface area contributed by atoms with Gasteiger partial charge in [-0.2, -0.15) is 0 Å². The van der Waals surface area contributed by atoms with Gasteiger partial charge in [0.15, 0.2) is 5.70 Å². The number of aliphatic imine (C=N–C) groups is 1. The summed E-state index contributed by atoms with van der Waals surface area (Å²) in [5, 5.41) is 1.82. The highest BCUT2D eigenvalue weighted by atomic mass is 32.1. The van der Waals surface area contributed by atoms with Crippen LogP contribution >= 0.6 is 11.3 Å². The second kappa shape index (κ2) is 7.39. The Morgan fingerprint density at radius 2 is 1.78 bits per heavy atom. The van der Waals surface area contributed by atoms with Crippen molar-refractivity contribution in [2.45, 2.75) is 0 Å². The minimum Gasteiger partial charge on any atom is -0.422 e. The van der Waals surface area contributed by atoms with Gasteiger partial charge in [-0.25, -0.2) is 14.6 Å². The van der Waals surface area contributed by atoms with E-state index >= 15 is 0 Å². The van der Waals surface area contributed by atoms with Crippen molar-refractivity contribution in [3.63, 3.8) is 0 Å². The minimum atomic E-state index is -0.498. The van der Waals surface area contributed by atoms with Crippen LogP contribution in [-0.2, 0) is 9.53 Å². The number of hydrogen-bond acceptors (Lipinski definition) is 6. The van der Waals surface area contributed by atoms with Crippen LogP contribution in [-0.4, -0.2) is 17.8 Å². The minimum absolute atomic E-state index is 0.220. The molecule has 0 bridgehead atoms. The molecule has 0 N–H and O–H groups in total. The van der Waals surface area contributed by atoms with Gasteiger partial charge in [0, 0.05) is 5.56 Å². The van der Waals surface area contributed by atoms with E-state index in [4.69, 9.17) is 9.47 Å². The Balaban J connectivity index is 1.50. The van der Waals surface area contributed by atoms with E-state index in [1.54, 1.807) is 42.5 Å². The second-order valence-electron chi connectivity index (χ2n) is 5.64. The van der Waals surface area contributed by atoms with E-state index in [9.17, 15) is 9.59 Å². The third-order valence-electron chi connectivity index (χ3n) is 3.76. The number of rotatable bonds is 4. The van der Waals surface area contributed by atoms with Gasteiger partial charge in [0.05, 0.1) is 0 Å². The van der Waals surface area contributed by atoms with Gasteiger partial charge in [-0.1, -0.05) is 36.4 Å². The molecule has 0 unspecified atom stereocenters. The number of hydrogen-bond donors (Lipinski definition) is 0. The quantitative estimate of drug-likeness (QED) is 0.387. The third kappa shape index (κ3) is 3.86. The number of cyclic esters (lactones) is 1. The molecule has 0 amide bonds. The Morgan fingerprint density at radius 3 is 2.48 bits per heavy atom. The van der Waals surface area contributed by atoms with Gasteiger partial charge in [-0.15, -0.1) is 11.3 Å². The summed E-state index contributed by atoms with van der Waals surface area (Å²) >= 11 is 1.32. The Morgan fingerprint density at radius 1 is 1.00 bits per heavy atom. The average Bonchev–Trinajstić information content (AvgIpc) is 3.35. The van der Waals surface area contributed by atoms with Gasteiger partial charge in [-0.3, -0.25) is 0 Å². The normalized spacial score (nSPS) is 14.7. The van der Waals surface area contributed by atoms with Gasteiger partial charge < -0.3 is 9.47 Å². The van der Waals surface area contributed by atoms with Crippen molar-refractivity contribution in [3.05, 3.63) is 93.8 Å². The molecule has 1 aliphatic rings. The first-order chi connectivity index (χ1) is 13.2. The van der Waals surface area contributed by atoms with E-state index in [1.165, 1.54) is 11.3 Å². The van der Waals surface area contributed by atoms with Crippen molar-refractivity contribution in [1.29, 1.82) is 0 Å². The number of ether oxygens (including phenoxy) is 2. The molecule has 0 spiro atoms. The first-order valence-electron chi connectivity index (χ1n) is 8.13. The first-order valence-corrected chi connectivity index (χ1v) is 9.01. The first kappa shape index (κ1) is 16.9. The van der Waals surface area contributed by atoms with Gasteiger partial charge in [0.2, 0.25) is 5.90 Å². The van der Waals surface area contributed by atoms with Gasteiger partial charge in [0.25, 0.3) is 0 Å². The topological polar surface area (TPSA) is 65.0 Å². The smallest absolute Gasteiger partial charge is 0.363 e. The molecule has 0 fully saturated rings. The van der Waals surface area contributed by atoms with Gasteiger partial charge in [-0.05, 0) is 47.4 Å². The van der Waals surface area contributed by atoms with Crippen molar-refractivity contribution in [2.75, 3.05) is 0 Å². The molecule has 0 saturated carbocycles. The van der Waals surface area contributed by atoms with Crippen molar-refractivity contribution in [1.82, 2.24) is 0 Å². The molecule has 0 aliphatic carbocycles. The zero-order valence-corrected chi connectivity index (χ0v) is 14.8. The van der Waals surface area contributed by atoms with E-state index < -0.39 is 11.9 Å². The highest BCUT2D eigenvalue weighted by Gasteiger charge is 2.23. The molecule has 132 valence electrons. The van der Waals surface area contributed by atoms with E-state index in [0.717, 1.165) is 11.1 Å². The summed E-state index contributed by atoms with van der Waals surface area (Å²) < 4.78 is 10.5. The maximum atomic E-state index is 12.0. The second-order valence-corrected chi connectivity index (χ2v) is 6.59. The van der Waals surface area contributed by atoms with Crippen LogP contribution in [0.3, 0.4) is 0 Å². The molecular weight excluding hydrogens is 362 g/mol. The third-order valence-corrected chi connectivity index (χ3v) is 4.61. The Kier molecular flexibility index (Phi) is 4.63. The Hall–Kier alpha value is -3.51. The standard InChI is InChI=1S/C21H13NO4S/c23-20-17(22-19(26-20)15-5-2-1-3-6-15)13-14-8-10-16(11-9-14)25-21(24)18-7-4-12-27-18/h1-13H. The summed E-state index contributed by atoms with van der Waals surface area (Å²) in [7, 11) is 0. The summed E-state index contributed by atoms with van der Waals surface area (Å²) in [6.45, 7) is 0. The number of carbonyl (C=O) groups is 2. The summed E-state index contributed by atoms with van der Waals surface area (Å²) in [6.07, 6.45) is 1.63. The number of thiophene rings is 1. The number of carbonyl (C=O) groups excluding carboxylic acids is 2. The molecule has 5 nitrogen and oxygen atoms in total. The average molecular weight is 375 g/mol. The molecule has 4 rings (SSSR count). The fourth-order valence-electron chi connectivity index (χ4n) is 2.46. The van der Waals surface area contributed by atoms with Crippen molar-refractivity contribution < 1.29 is 19.1 Å². The lowest BCUT2D eigenvalue weighted by molar-refractivity contribution is -0.129. The fraction of sp³-hybridized carbons (Fsp3) is 0. The summed E-state index contributed by atoms with van der Waals surface area (Å²) in [5.74, 6) is -0.180. The Labute approximate surface area is 159 Å². The van der Waals surface area contributed by atoms with Crippen LogP contribution in [0.25, 0.3) is 6.08 Å². The largest absolute Gasteiger partial charge is 0.422 e. The molecule has 1 aliphatic heterocycles. The van der Waals surface area contributed by atoms with Crippen LogP contribution < -0.4 is 4.74 Å². The van der Waals surface area contributed by atoms with Gasteiger partial charge >= 0.3 is 11.9 Å². The molecule has 2 heterocycles. The highest BCUT2D eigenvalue weighted by Crippen LogP contribution is 2.21. The van der Waals surface area contributed by atoms with Crippen LogP contribution in [0.2, 0.25) is 0 Å². The van der Waals surface area contributed by atoms with E-state index in [2.05, 4.69) is 4.99 Å². The van der Waals surface area contributed by atoms with Crippen molar-refractivity contribution >= 4 is 35.2 Å². The lowest BCUT2D eigenvalue weighted by Gasteiger charge is -2.03. The Bertz CT molecular complexity index is 1040. The molecule has 6 heteroatoms. The number of nitrogens with zero attached hydrogens (tertiary/aromatic N) is 1. The SMILES string of the molecule is O=C1OC(c2ccccc2)=NC1=Cc1ccc(OC(=O)c2cccs2)cc1. The monoisotopic (exact) mass is 375 g/mol. The molecule has 1 aromatic heterocycles. The maximum Gasteiger partial charge on any atom is 0.363 e. The fourth-order valence-corrected chi connectivity index (χ4v) is 3.05. The lowest BCUT2D eigenvalue weighted by atomic mass is 10.2. The van der Waals surface area contributed by atoms with Crippen LogP contribution in [0, 0.1) is 0 Å². The predicted octanol–water partition coefficient (Wildman–Crippen LogP) is 4.31. The van der Waals surface area contributed by atoms with Crippen LogP contribution in [0.1, 0.15) is 20.8 Å². The molecule has 0 saturated heterocycles. The van der Waals surface area contributed by atoms with E-state index in [-0.39, 0.29) is 11.6 Å². The predicted molar refractivity (Wildman–Crippen MR) is 103 cm³/mol. The molecule has 3 aromatic rings. The summed E-state index contributed by atoms with van der Waals surface area (Å²) in [6, 6.07) is 19.6. The summed E-state index contributed by atoms with van der Waals surface area (Å²) in [5.41, 5.74) is 1.71. The zero-order chi connectivity index (χ0) is 18.6. The molecule has 27 heavy (non-hydrogen) atoms. The van der Waals surface area contributed by atoms with Crippen molar-refractivity contribution in [3.8, 4) is 5.75 Å². The molecule has 2 aromatic carbocycles. The number of benzene rings is 2. The zero-order valence-electron chi connectivity index (χ0n) is 14.0. The highest BCUT2D eigenvalue weighted by molar-refractivity contribution is 7.12. The van der Waals surface area contributed by atoms with Crippen LogP contribution in [0.15, 0.2) is 82.8 Å². The van der Waals surface area contributed by atoms with E-state index in [1.807, 2.05) is 35.7 Å².